The van der Waals surface area contributed by atoms with Crippen LogP contribution in [0.3, 0.4) is 0 Å². The Morgan fingerprint density at radius 1 is 1.16 bits per heavy atom. The molecule has 5 heteroatoms. The van der Waals surface area contributed by atoms with Gasteiger partial charge in [0.05, 0.1) is 19.6 Å². The fourth-order valence-electron chi connectivity index (χ4n) is 3.22. The highest BCUT2D eigenvalue weighted by Gasteiger charge is 2.27. The molecular weight excluding hydrogens is 316 g/mol. The number of nitrogens with zero attached hydrogens (tertiary/aromatic N) is 1. The summed E-state index contributed by atoms with van der Waals surface area (Å²) >= 11 is 0. The van der Waals surface area contributed by atoms with Crippen molar-refractivity contribution in [2.45, 2.75) is 25.8 Å². The largest absolute Gasteiger partial charge is 0.497 e. The Kier molecular flexibility index (Phi) is 5.03. The summed E-state index contributed by atoms with van der Waals surface area (Å²) < 4.78 is 5.17. The van der Waals surface area contributed by atoms with Crippen LogP contribution in [0.4, 0.5) is 5.69 Å². The van der Waals surface area contributed by atoms with Crippen molar-refractivity contribution < 1.29 is 14.3 Å². The van der Waals surface area contributed by atoms with Gasteiger partial charge in [0.2, 0.25) is 11.8 Å². The van der Waals surface area contributed by atoms with E-state index in [1.165, 1.54) is 12.5 Å². The number of fused-ring (bicyclic) bond motifs is 1. The minimum absolute atomic E-state index is 0.0134. The van der Waals surface area contributed by atoms with Crippen molar-refractivity contribution in [3.05, 3.63) is 59.7 Å². The van der Waals surface area contributed by atoms with Crippen molar-refractivity contribution in [2.75, 3.05) is 18.6 Å². The Hall–Kier alpha value is -2.82. The number of hydrogen-bond donors (Lipinski definition) is 1. The quantitative estimate of drug-likeness (QED) is 0.912. The van der Waals surface area contributed by atoms with Gasteiger partial charge in [-0.1, -0.05) is 30.3 Å². The second kappa shape index (κ2) is 7.38. The van der Waals surface area contributed by atoms with Crippen molar-refractivity contribution in [3.63, 3.8) is 0 Å². The van der Waals surface area contributed by atoms with E-state index in [2.05, 4.69) is 11.4 Å². The molecule has 0 aliphatic carbocycles. The SMILES string of the molecule is COc1ccc([C@@H](CC(=O)N2CCc3ccccc32)NC(C)=O)cc1. The molecule has 1 N–H and O–H groups in total. The molecule has 5 nitrogen and oxygen atoms in total. The van der Waals surface area contributed by atoms with E-state index in [0.29, 0.717) is 6.54 Å². The summed E-state index contributed by atoms with van der Waals surface area (Å²) in [6.07, 6.45) is 1.09. The van der Waals surface area contributed by atoms with Crippen molar-refractivity contribution in [1.82, 2.24) is 5.32 Å². The number of rotatable bonds is 5. The Labute approximate surface area is 147 Å². The number of hydrogen-bond acceptors (Lipinski definition) is 3. The number of methoxy groups -OCH3 is 1. The Balaban J connectivity index is 1.78. The number of nitrogens with one attached hydrogen (secondary N) is 1. The van der Waals surface area contributed by atoms with Gasteiger partial charge < -0.3 is 15.0 Å². The van der Waals surface area contributed by atoms with Gasteiger partial charge in [-0.25, -0.2) is 0 Å². The zero-order chi connectivity index (χ0) is 17.8. The molecule has 0 fully saturated rings. The maximum absolute atomic E-state index is 12.8. The normalized spacial score (nSPS) is 13.9. The third-order valence-corrected chi connectivity index (χ3v) is 4.46. The summed E-state index contributed by atoms with van der Waals surface area (Å²) in [5, 5.41) is 2.88. The van der Waals surface area contributed by atoms with Crippen LogP contribution in [0.1, 0.15) is 30.5 Å². The van der Waals surface area contributed by atoms with E-state index in [4.69, 9.17) is 4.74 Å². The predicted octanol–water partition coefficient (Wildman–Crippen LogP) is 2.85. The Morgan fingerprint density at radius 3 is 2.56 bits per heavy atom. The van der Waals surface area contributed by atoms with E-state index in [9.17, 15) is 9.59 Å². The first-order valence-corrected chi connectivity index (χ1v) is 8.38. The third-order valence-electron chi connectivity index (χ3n) is 4.46. The summed E-state index contributed by atoms with van der Waals surface area (Å²) in [5.41, 5.74) is 3.05. The van der Waals surface area contributed by atoms with Crippen molar-refractivity contribution in [1.29, 1.82) is 0 Å². The molecular formula is C20H22N2O3. The van der Waals surface area contributed by atoms with Crippen molar-refractivity contribution in [3.8, 4) is 5.75 Å². The van der Waals surface area contributed by atoms with Gasteiger partial charge in [0.15, 0.2) is 0 Å². The fourth-order valence-corrected chi connectivity index (χ4v) is 3.22. The van der Waals surface area contributed by atoms with Crippen molar-refractivity contribution in [2.24, 2.45) is 0 Å². The molecule has 1 atom stereocenters. The van der Waals surface area contributed by atoms with E-state index in [-0.39, 0.29) is 24.3 Å². The van der Waals surface area contributed by atoms with Gasteiger partial charge in [0, 0.05) is 19.2 Å². The first-order valence-electron chi connectivity index (χ1n) is 8.38. The highest BCUT2D eigenvalue weighted by atomic mass is 16.5. The molecule has 0 unspecified atom stereocenters. The van der Waals surface area contributed by atoms with Gasteiger partial charge >= 0.3 is 0 Å². The molecule has 2 aromatic carbocycles. The molecule has 2 aromatic rings. The molecule has 0 spiro atoms. The monoisotopic (exact) mass is 338 g/mol. The van der Waals surface area contributed by atoms with Crippen LogP contribution < -0.4 is 15.0 Å². The molecule has 0 bridgehead atoms. The maximum atomic E-state index is 12.8. The van der Waals surface area contributed by atoms with E-state index < -0.39 is 0 Å². The van der Waals surface area contributed by atoms with E-state index >= 15 is 0 Å². The van der Waals surface area contributed by atoms with Gasteiger partial charge in [0.25, 0.3) is 0 Å². The summed E-state index contributed by atoms with van der Waals surface area (Å²) in [5.74, 6) is 0.597. The topological polar surface area (TPSA) is 58.6 Å². The summed E-state index contributed by atoms with van der Waals surface area (Å²) in [4.78, 5) is 26.3. The van der Waals surface area contributed by atoms with Crippen LogP contribution in [0.2, 0.25) is 0 Å². The van der Waals surface area contributed by atoms with E-state index in [0.717, 1.165) is 23.4 Å². The maximum Gasteiger partial charge on any atom is 0.229 e. The molecule has 1 aliphatic heterocycles. The molecule has 25 heavy (non-hydrogen) atoms. The highest BCUT2D eigenvalue weighted by Crippen LogP contribution is 2.29. The molecule has 1 aliphatic rings. The zero-order valence-corrected chi connectivity index (χ0v) is 14.5. The lowest BCUT2D eigenvalue weighted by molar-refractivity contribution is -0.121. The zero-order valence-electron chi connectivity index (χ0n) is 14.5. The average Bonchev–Trinajstić information content (AvgIpc) is 3.05. The number of ether oxygens (including phenoxy) is 1. The van der Waals surface area contributed by atoms with E-state index in [1.807, 2.05) is 47.4 Å². The molecule has 0 saturated heterocycles. The number of amides is 2. The van der Waals surface area contributed by atoms with Crippen LogP contribution in [0.25, 0.3) is 0 Å². The second-order valence-corrected chi connectivity index (χ2v) is 6.15. The van der Waals surface area contributed by atoms with Crippen LogP contribution in [0.5, 0.6) is 5.75 Å². The Bertz CT molecular complexity index is 771. The minimum Gasteiger partial charge on any atom is -0.497 e. The van der Waals surface area contributed by atoms with Crippen LogP contribution in [-0.2, 0) is 16.0 Å². The molecule has 3 rings (SSSR count). The number of anilines is 1. The lowest BCUT2D eigenvalue weighted by Gasteiger charge is -2.23. The van der Waals surface area contributed by atoms with Gasteiger partial charge in [-0.05, 0) is 35.7 Å². The van der Waals surface area contributed by atoms with Crippen LogP contribution in [0, 0.1) is 0 Å². The minimum atomic E-state index is -0.358. The fraction of sp³-hybridized carbons (Fsp3) is 0.300. The number of carbonyl (C=O) groups is 2. The lowest BCUT2D eigenvalue weighted by Crippen LogP contribution is -2.35. The molecule has 130 valence electrons. The standard InChI is InChI=1S/C20H22N2O3/c1-14(23)21-18(15-7-9-17(25-2)10-8-15)13-20(24)22-12-11-16-5-3-4-6-19(16)22/h3-10,18H,11-13H2,1-2H3,(H,21,23)/t18-/m1/s1. The van der Waals surface area contributed by atoms with Crippen molar-refractivity contribution >= 4 is 17.5 Å². The third kappa shape index (κ3) is 3.82. The molecule has 2 amide bonds. The van der Waals surface area contributed by atoms with E-state index in [1.54, 1.807) is 7.11 Å². The summed E-state index contributed by atoms with van der Waals surface area (Å²) in [6.45, 7) is 2.15. The predicted molar refractivity (Wildman–Crippen MR) is 96.7 cm³/mol. The van der Waals surface area contributed by atoms with Gasteiger partial charge in [-0.2, -0.15) is 0 Å². The number of benzene rings is 2. The molecule has 1 heterocycles. The van der Waals surface area contributed by atoms with Crippen LogP contribution in [0.15, 0.2) is 48.5 Å². The molecule has 0 saturated carbocycles. The highest BCUT2D eigenvalue weighted by molar-refractivity contribution is 5.96. The average molecular weight is 338 g/mol. The summed E-state index contributed by atoms with van der Waals surface area (Å²) in [6, 6.07) is 15.0. The van der Waals surface area contributed by atoms with Crippen LogP contribution in [-0.4, -0.2) is 25.5 Å². The number of para-hydroxylation sites is 1. The smallest absolute Gasteiger partial charge is 0.229 e. The first-order chi connectivity index (χ1) is 12.1. The van der Waals surface area contributed by atoms with Gasteiger partial charge in [-0.15, -0.1) is 0 Å². The summed E-state index contributed by atoms with van der Waals surface area (Å²) in [7, 11) is 1.61. The lowest BCUT2D eigenvalue weighted by atomic mass is 10.0. The second-order valence-electron chi connectivity index (χ2n) is 6.15. The Morgan fingerprint density at radius 2 is 1.88 bits per heavy atom. The van der Waals surface area contributed by atoms with Gasteiger partial charge in [-0.3, -0.25) is 9.59 Å². The number of carbonyl (C=O) groups excluding carboxylic acids is 2. The first kappa shape index (κ1) is 17.0. The molecule has 0 radical (unpaired) electrons. The van der Waals surface area contributed by atoms with Crippen LogP contribution >= 0.6 is 0 Å². The van der Waals surface area contributed by atoms with Gasteiger partial charge in [0.1, 0.15) is 5.75 Å². The molecule has 0 aromatic heterocycles.